The minimum absolute atomic E-state index is 0.294. The Morgan fingerprint density at radius 1 is 1.25 bits per heavy atom. The summed E-state index contributed by atoms with van der Waals surface area (Å²) in [5.74, 6) is 0.741. The van der Waals surface area contributed by atoms with Crippen LogP contribution in [0, 0.1) is 11.3 Å². The van der Waals surface area contributed by atoms with E-state index in [2.05, 4.69) is 24.4 Å². The van der Waals surface area contributed by atoms with Crippen LogP contribution in [-0.2, 0) is 16.1 Å². The molecule has 2 aliphatic heterocycles. The molecule has 4 nitrogen and oxygen atoms in total. The number of amides is 1. The standard InChI is InChI=1S/C20H30N2O2/c1-20(8-11-24-12-9-20)7-10-21-14-18-13-19(23)22(16-18)15-17-5-3-2-4-6-17/h2-6,18,21H,7-16H2,1H3. The molecule has 1 aromatic rings. The maximum Gasteiger partial charge on any atom is 0.223 e. The Morgan fingerprint density at radius 2 is 2.00 bits per heavy atom. The van der Waals surface area contributed by atoms with Crippen molar-refractivity contribution >= 4 is 5.91 Å². The van der Waals surface area contributed by atoms with E-state index in [4.69, 9.17) is 4.74 Å². The van der Waals surface area contributed by atoms with Gasteiger partial charge < -0.3 is 15.0 Å². The molecule has 1 amide bonds. The zero-order valence-corrected chi connectivity index (χ0v) is 14.8. The highest BCUT2D eigenvalue weighted by Crippen LogP contribution is 2.32. The van der Waals surface area contributed by atoms with E-state index in [0.717, 1.165) is 39.4 Å². The summed E-state index contributed by atoms with van der Waals surface area (Å²) in [7, 11) is 0. The second-order valence-electron chi connectivity index (χ2n) is 7.71. The number of carbonyl (C=O) groups excluding carboxylic acids is 1. The smallest absolute Gasteiger partial charge is 0.223 e. The van der Waals surface area contributed by atoms with Gasteiger partial charge in [0.1, 0.15) is 0 Å². The van der Waals surface area contributed by atoms with Crippen molar-refractivity contribution in [2.24, 2.45) is 11.3 Å². The summed E-state index contributed by atoms with van der Waals surface area (Å²) in [4.78, 5) is 14.2. The summed E-state index contributed by atoms with van der Waals surface area (Å²) in [5, 5.41) is 3.59. The molecule has 0 bridgehead atoms. The van der Waals surface area contributed by atoms with Gasteiger partial charge in [0.2, 0.25) is 5.91 Å². The maximum absolute atomic E-state index is 12.2. The molecule has 1 aromatic carbocycles. The number of ether oxygens (including phenoxy) is 1. The third-order valence-corrected chi connectivity index (χ3v) is 5.55. The summed E-state index contributed by atoms with van der Waals surface area (Å²) in [6.45, 7) is 7.80. The van der Waals surface area contributed by atoms with Gasteiger partial charge in [-0.2, -0.15) is 0 Å². The number of likely N-dealkylation sites (tertiary alicyclic amines) is 1. The van der Waals surface area contributed by atoms with Gasteiger partial charge in [0.15, 0.2) is 0 Å². The lowest BCUT2D eigenvalue weighted by Gasteiger charge is -2.33. The summed E-state index contributed by atoms with van der Waals surface area (Å²) < 4.78 is 5.46. The predicted octanol–water partition coefficient (Wildman–Crippen LogP) is 2.83. The number of hydrogen-bond acceptors (Lipinski definition) is 3. The fourth-order valence-electron chi connectivity index (χ4n) is 3.76. The van der Waals surface area contributed by atoms with Gasteiger partial charge in [0.25, 0.3) is 0 Å². The second kappa shape index (κ2) is 8.13. The van der Waals surface area contributed by atoms with Gasteiger partial charge in [-0.3, -0.25) is 4.79 Å². The molecule has 0 radical (unpaired) electrons. The number of rotatable bonds is 7. The fourth-order valence-corrected chi connectivity index (χ4v) is 3.76. The van der Waals surface area contributed by atoms with Crippen molar-refractivity contribution in [2.45, 2.75) is 39.2 Å². The van der Waals surface area contributed by atoms with Crippen LogP contribution in [0.1, 0.15) is 38.2 Å². The van der Waals surface area contributed by atoms with E-state index in [0.29, 0.717) is 23.7 Å². The molecule has 2 fully saturated rings. The van der Waals surface area contributed by atoms with Gasteiger partial charge in [-0.05, 0) is 42.7 Å². The van der Waals surface area contributed by atoms with E-state index >= 15 is 0 Å². The number of hydrogen-bond donors (Lipinski definition) is 1. The summed E-state index contributed by atoms with van der Waals surface area (Å²) in [5.41, 5.74) is 1.64. The Balaban J connectivity index is 1.37. The summed E-state index contributed by atoms with van der Waals surface area (Å²) >= 11 is 0. The highest BCUT2D eigenvalue weighted by molar-refractivity contribution is 5.78. The number of nitrogens with one attached hydrogen (secondary N) is 1. The Labute approximate surface area is 145 Å². The van der Waals surface area contributed by atoms with Gasteiger partial charge in [-0.1, -0.05) is 37.3 Å². The van der Waals surface area contributed by atoms with E-state index in [-0.39, 0.29) is 0 Å². The van der Waals surface area contributed by atoms with E-state index in [1.54, 1.807) is 0 Å². The number of benzene rings is 1. The molecule has 132 valence electrons. The number of nitrogens with zero attached hydrogens (tertiary/aromatic N) is 1. The van der Waals surface area contributed by atoms with Crippen molar-refractivity contribution < 1.29 is 9.53 Å². The molecular formula is C20H30N2O2. The van der Waals surface area contributed by atoms with Gasteiger partial charge in [0.05, 0.1) is 0 Å². The third kappa shape index (κ3) is 4.81. The third-order valence-electron chi connectivity index (χ3n) is 5.55. The zero-order chi connectivity index (χ0) is 16.8. The molecule has 2 aliphatic rings. The lowest BCUT2D eigenvalue weighted by Crippen LogP contribution is -2.32. The normalized spacial score (nSPS) is 23.6. The van der Waals surface area contributed by atoms with E-state index in [9.17, 15) is 4.79 Å². The predicted molar refractivity (Wildman–Crippen MR) is 95.6 cm³/mol. The first-order chi connectivity index (χ1) is 11.6. The second-order valence-corrected chi connectivity index (χ2v) is 7.71. The molecule has 2 heterocycles. The molecule has 3 rings (SSSR count). The van der Waals surface area contributed by atoms with Gasteiger partial charge in [0, 0.05) is 39.3 Å². The Morgan fingerprint density at radius 3 is 2.75 bits per heavy atom. The van der Waals surface area contributed by atoms with Crippen molar-refractivity contribution in [3.63, 3.8) is 0 Å². The molecule has 0 aliphatic carbocycles. The van der Waals surface area contributed by atoms with Crippen LogP contribution in [-0.4, -0.2) is 43.7 Å². The quantitative estimate of drug-likeness (QED) is 0.782. The lowest BCUT2D eigenvalue weighted by molar-refractivity contribution is -0.128. The largest absolute Gasteiger partial charge is 0.381 e. The van der Waals surface area contributed by atoms with E-state index < -0.39 is 0 Å². The molecule has 24 heavy (non-hydrogen) atoms. The van der Waals surface area contributed by atoms with Crippen LogP contribution in [0.3, 0.4) is 0 Å². The monoisotopic (exact) mass is 330 g/mol. The minimum atomic E-state index is 0.294. The minimum Gasteiger partial charge on any atom is -0.381 e. The Kier molecular flexibility index (Phi) is 5.90. The topological polar surface area (TPSA) is 41.6 Å². The first-order valence-electron chi connectivity index (χ1n) is 9.25. The lowest BCUT2D eigenvalue weighted by atomic mass is 9.79. The van der Waals surface area contributed by atoms with Gasteiger partial charge >= 0.3 is 0 Å². The highest BCUT2D eigenvalue weighted by atomic mass is 16.5. The summed E-state index contributed by atoms with van der Waals surface area (Å²) in [6, 6.07) is 10.3. The van der Waals surface area contributed by atoms with Crippen LogP contribution < -0.4 is 5.32 Å². The zero-order valence-electron chi connectivity index (χ0n) is 14.8. The average Bonchev–Trinajstić information content (AvgIpc) is 2.93. The van der Waals surface area contributed by atoms with Gasteiger partial charge in [-0.25, -0.2) is 0 Å². The van der Waals surface area contributed by atoms with Crippen LogP contribution in [0.25, 0.3) is 0 Å². The van der Waals surface area contributed by atoms with Crippen LogP contribution in [0.2, 0.25) is 0 Å². The van der Waals surface area contributed by atoms with E-state index in [1.165, 1.54) is 24.8 Å². The SMILES string of the molecule is CC1(CCNCC2CC(=O)N(Cc3ccccc3)C2)CCOCC1. The first kappa shape index (κ1) is 17.4. The molecule has 1 atom stereocenters. The number of carbonyl (C=O) groups is 1. The molecule has 4 heteroatoms. The molecule has 1 N–H and O–H groups in total. The Bertz CT molecular complexity index is 526. The Hall–Kier alpha value is -1.39. The summed E-state index contributed by atoms with van der Waals surface area (Å²) in [6.07, 6.45) is 4.22. The molecule has 0 saturated carbocycles. The van der Waals surface area contributed by atoms with Gasteiger partial charge in [-0.15, -0.1) is 0 Å². The van der Waals surface area contributed by atoms with Crippen molar-refractivity contribution in [1.29, 1.82) is 0 Å². The fraction of sp³-hybridized carbons (Fsp3) is 0.650. The van der Waals surface area contributed by atoms with Crippen molar-refractivity contribution in [2.75, 3.05) is 32.8 Å². The molecule has 1 unspecified atom stereocenters. The highest BCUT2D eigenvalue weighted by Gasteiger charge is 2.30. The van der Waals surface area contributed by atoms with Crippen molar-refractivity contribution in [1.82, 2.24) is 10.2 Å². The van der Waals surface area contributed by atoms with Crippen LogP contribution in [0.4, 0.5) is 0 Å². The first-order valence-corrected chi connectivity index (χ1v) is 9.25. The molecule has 0 spiro atoms. The molecule has 2 saturated heterocycles. The van der Waals surface area contributed by atoms with Crippen molar-refractivity contribution in [3.8, 4) is 0 Å². The molecule has 0 aromatic heterocycles. The van der Waals surface area contributed by atoms with Crippen molar-refractivity contribution in [3.05, 3.63) is 35.9 Å². The maximum atomic E-state index is 12.2. The average molecular weight is 330 g/mol. The van der Waals surface area contributed by atoms with E-state index in [1.807, 2.05) is 23.1 Å². The molecular weight excluding hydrogens is 300 g/mol. The van der Waals surface area contributed by atoms with Crippen LogP contribution >= 0.6 is 0 Å². The van der Waals surface area contributed by atoms with Crippen LogP contribution in [0.5, 0.6) is 0 Å². The van der Waals surface area contributed by atoms with Crippen LogP contribution in [0.15, 0.2) is 30.3 Å².